The summed E-state index contributed by atoms with van der Waals surface area (Å²) in [6.45, 7) is 8.72. The highest BCUT2D eigenvalue weighted by atomic mass is 32.2. The first kappa shape index (κ1) is 24.0. The molecule has 0 saturated heterocycles. The van der Waals surface area contributed by atoms with Gasteiger partial charge in [-0.1, -0.05) is 17.3 Å². The minimum atomic E-state index is -3.14. The van der Waals surface area contributed by atoms with Gasteiger partial charge in [0, 0.05) is 0 Å². The van der Waals surface area contributed by atoms with Gasteiger partial charge in [-0.2, -0.15) is 0 Å². The fourth-order valence-electron chi connectivity index (χ4n) is 2.81. The molecule has 0 aliphatic heterocycles. The molecule has 28 heavy (non-hydrogen) atoms. The van der Waals surface area contributed by atoms with E-state index >= 15 is 0 Å². The third-order valence-corrected chi connectivity index (χ3v) is 5.81. The summed E-state index contributed by atoms with van der Waals surface area (Å²) < 4.78 is 35.6. The first-order valence-electron chi connectivity index (χ1n) is 9.54. The van der Waals surface area contributed by atoms with Crippen LogP contribution < -0.4 is 9.47 Å². The normalized spacial score (nSPS) is 12.4. The Morgan fingerprint density at radius 3 is 2.39 bits per heavy atom. The summed E-state index contributed by atoms with van der Waals surface area (Å²) in [5, 5.41) is 3.65. The fourth-order valence-corrected chi connectivity index (χ4v) is 4.29. The monoisotopic (exact) mass is 411 g/mol. The fraction of sp³-hybridized carbons (Fsp3) is 0.571. The van der Waals surface area contributed by atoms with Crippen molar-refractivity contribution < 1.29 is 22.7 Å². The lowest BCUT2D eigenvalue weighted by molar-refractivity contribution is 0.213. The zero-order chi connectivity index (χ0) is 21.0. The maximum atomic E-state index is 12.0. The largest absolute Gasteiger partial charge is 0.493 e. The van der Waals surface area contributed by atoms with E-state index in [0.717, 1.165) is 35.5 Å². The number of aryl methyl sites for hydroxylation is 2. The molecular formula is C21H33NO5S. The summed E-state index contributed by atoms with van der Waals surface area (Å²) in [4.78, 5) is 4.60. The Labute approximate surface area is 169 Å². The highest BCUT2D eigenvalue weighted by Gasteiger charge is 2.13. The summed E-state index contributed by atoms with van der Waals surface area (Å²) in [5.74, 6) is 1.80. The second kappa shape index (κ2) is 12.4. The van der Waals surface area contributed by atoms with E-state index in [4.69, 9.17) is 9.47 Å². The molecule has 0 aliphatic carbocycles. The zero-order valence-corrected chi connectivity index (χ0v) is 18.5. The number of benzene rings is 1. The van der Waals surface area contributed by atoms with Gasteiger partial charge in [0.1, 0.15) is 25.2 Å². The maximum Gasteiger partial charge on any atom is 0.155 e. The molecule has 0 aromatic heterocycles. The molecule has 158 valence electrons. The Kier molecular flexibility index (Phi) is 10.7. The van der Waals surface area contributed by atoms with Crippen LogP contribution in [0.5, 0.6) is 11.5 Å². The van der Waals surface area contributed by atoms with Gasteiger partial charge in [-0.15, -0.1) is 0 Å². The van der Waals surface area contributed by atoms with Gasteiger partial charge in [0.2, 0.25) is 0 Å². The van der Waals surface area contributed by atoms with Gasteiger partial charge in [0.25, 0.3) is 0 Å². The minimum absolute atomic E-state index is 0.0573. The zero-order valence-electron chi connectivity index (χ0n) is 17.7. The van der Waals surface area contributed by atoms with Crippen molar-refractivity contribution >= 4 is 15.5 Å². The van der Waals surface area contributed by atoms with Crippen LogP contribution in [0.15, 0.2) is 29.4 Å². The number of unbranched alkanes of at least 4 members (excludes halogenated alkanes) is 2. The van der Waals surface area contributed by atoms with Gasteiger partial charge in [0.15, 0.2) is 9.84 Å². The molecule has 0 fully saturated rings. The Balaban J connectivity index is 2.39. The van der Waals surface area contributed by atoms with Crippen LogP contribution in [-0.2, 0) is 14.7 Å². The molecule has 0 spiro atoms. The molecule has 0 N–H and O–H groups in total. The van der Waals surface area contributed by atoms with E-state index in [-0.39, 0.29) is 11.5 Å². The molecule has 1 aromatic carbocycles. The Morgan fingerprint density at radius 1 is 1.11 bits per heavy atom. The van der Waals surface area contributed by atoms with Crippen molar-refractivity contribution in [1.29, 1.82) is 0 Å². The second-order valence-corrected chi connectivity index (χ2v) is 8.96. The first-order chi connectivity index (χ1) is 13.3. The first-order valence-corrected chi connectivity index (χ1v) is 11.4. The quantitative estimate of drug-likeness (QED) is 0.210. The lowest BCUT2D eigenvalue weighted by Gasteiger charge is -2.14. The molecule has 1 aromatic rings. The number of hydrogen-bond donors (Lipinski definition) is 0. The Bertz CT molecular complexity index is 746. The van der Waals surface area contributed by atoms with Gasteiger partial charge in [-0.25, -0.2) is 8.42 Å². The van der Waals surface area contributed by atoms with Crippen molar-refractivity contribution in [2.45, 2.75) is 47.0 Å². The summed E-state index contributed by atoms with van der Waals surface area (Å²) in [6.07, 6.45) is 6.13. The average molecular weight is 412 g/mol. The average Bonchev–Trinajstić information content (AvgIpc) is 2.59. The third kappa shape index (κ3) is 9.26. The van der Waals surface area contributed by atoms with E-state index in [1.807, 2.05) is 45.1 Å². The van der Waals surface area contributed by atoms with E-state index < -0.39 is 9.84 Å². The lowest BCUT2D eigenvalue weighted by atomic mass is 10.1. The number of nitrogens with zero attached hydrogens (tertiary/aromatic N) is 1. The van der Waals surface area contributed by atoms with Crippen LogP contribution in [0.3, 0.4) is 0 Å². The number of rotatable bonds is 13. The molecule has 0 radical (unpaired) electrons. The van der Waals surface area contributed by atoms with Gasteiger partial charge >= 0.3 is 0 Å². The predicted octanol–water partition coefficient (Wildman–Crippen LogP) is 4.24. The highest BCUT2D eigenvalue weighted by Crippen LogP contribution is 2.28. The molecule has 0 bridgehead atoms. The van der Waals surface area contributed by atoms with Crippen LogP contribution in [0.25, 0.3) is 0 Å². The molecule has 7 heteroatoms. The van der Waals surface area contributed by atoms with E-state index in [0.29, 0.717) is 25.3 Å². The van der Waals surface area contributed by atoms with Crippen molar-refractivity contribution in [2.75, 3.05) is 31.8 Å². The van der Waals surface area contributed by atoms with Crippen LogP contribution in [0, 0.1) is 13.8 Å². The SMILES string of the molecule is C/C=C/COc1cc(C)c(OCCCCCS(=O)(=O)C/C(C)=N/OC)c(C)c1. The summed E-state index contributed by atoms with van der Waals surface area (Å²) in [5.41, 5.74) is 2.53. The smallest absolute Gasteiger partial charge is 0.155 e. The number of hydrogen-bond acceptors (Lipinski definition) is 6. The van der Waals surface area contributed by atoms with Crippen molar-refractivity contribution in [3.05, 3.63) is 35.4 Å². The number of allylic oxidation sites excluding steroid dienone is 1. The molecule has 0 saturated carbocycles. The summed E-state index contributed by atoms with van der Waals surface area (Å²) in [6, 6.07) is 3.95. The number of ether oxygens (including phenoxy) is 2. The van der Waals surface area contributed by atoms with Crippen molar-refractivity contribution in [1.82, 2.24) is 0 Å². The van der Waals surface area contributed by atoms with Crippen LogP contribution in [0.4, 0.5) is 0 Å². The van der Waals surface area contributed by atoms with Crippen LogP contribution >= 0.6 is 0 Å². The molecule has 6 nitrogen and oxygen atoms in total. The van der Waals surface area contributed by atoms with E-state index in [1.165, 1.54) is 7.11 Å². The summed E-state index contributed by atoms with van der Waals surface area (Å²) >= 11 is 0. The number of oxime groups is 1. The maximum absolute atomic E-state index is 12.0. The Morgan fingerprint density at radius 2 is 1.79 bits per heavy atom. The van der Waals surface area contributed by atoms with E-state index in [1.54, 1.807) is 6.92 Å². The predicted molar refractivity (Wildman–Crippen MR) is 114 cm³/mol. The second-order valence-electron chi connectivity index (χ2n) is 6.78. The molecule has 0 heterocycles. The van der Waals surface area contributed by atoms with E-state index in [9.17, 15) is 8.42 Å². The van der Waals surface area contributed by atoms with Gasteiger partial charge in [-0.3, -0.25) is 0 Å². The Hall–Kier alpha value is -2.02. The van der Waals surface area contributed by atoms with Gasteiger partial charge < -0.3 is 14.3 Å². The van der Waals surface area contributed by atoms with Crippen LogP contribution in [-0.4, -0.2) is 46.0 Å². The highest BCUT2D eigenvalue weighted by molar-refractivity contribution is 7.92. The van der Waals surface area contributed by atoms with Crippen LogP contribution in [0.1, 0.15) is 44.2 Å². The molecule has 0 unspecified atom stereocenters. The molecule has 0 atom stereocenters. The van der Waals surface area contributed by atoms with Crippen molar-refractivity contribution in [3.8, 4) is 11.5 Å². The van der Waals surface area contributed by atoms with Crippen molar-refractivity contribution in [2.24, 2.45) is 5.16 Å². The van der Waals surface area contributed by atoms with Gasteiger partial charge in [0.05, 0.1) is 23.8 Å². The molecule has 0 aliphatic rings. The molecule has 1 rings (SSSR count). The third-order valence-electron chi connectivity index (χ3n) is 4.04. The standard InChI is InChI=1S/C21H33NO5S/c1-6-7-11-26-20-14-17(2)21(18(3)15-20)27-12-9-8-10-13-28(23,24)16-19(4)22-25-5/h6-7,14-15H,8-13,16H2,1-5H3/b7-6+,22-19+. The van der Waals surface area contributed by atoms with Crippen molar-refractivity contribution in [3.63, 3.8) is 0 Å². The molecular weight excluding hydrogens is 378 g/mol. The summed E-state index contributed by atoms with van der Waals surface area (Å²) in [7, 11) is -1.73. The van der Waals surface area contributed by atoms with Crippen LogP contribution in [0.2, 0.25) is 0 Å². The topological polar surface area (TPSA) is 74.2 Å². The minimum Gasteiger partial charge on any atom is -0.493 e. The number of sulfone groups is 1. The van der Waals surface area contributed by atoms with E-state index in [2.05, 4.69) is 9.99 Å². The lowest BCUT2D eigenvalue weighted by Crippen LogP contribution is -2.17. The van der Waals surface area contributed by atoms with Gasteiger partial charge in [-0.05, 0) is 70.2 Å². The molecule has 0 amide bonds.